The highest BCUT2D eigenvalue weighted by Gasteiger charge is 2.22. The summed E-state index contributed by atoms with van der Waals surface area (Å²) in [6.07, 6.45) is 2.44. The maximum Gasteiger partial charge on any atom is 0.231 e. The van der Waals surface area contributed by atoms with Gasteiger partial charge in [0.2, 0.25) is 6.79 Å². The lowest BCUT2D eigenvalue weighted by Gasteiger charge is -2.11. The number of aromatic nitrogens is 4. The minimum atomic E-state index is 0.218. The summed E-state index contributed by atoms with van der Waals surface area (Å²) in [6.45, 7) is 0.876. The van der Waals surface area contributed by atoms with E-state index >= 15 is 0 Å². The van der Waals surface area contributed by atoms with Crippen molar-refractivity contribution in [2.45, 2.75) is 23.0 Å². The summed E-state index contributed by atoms with van der Waals surface area (Å²) >= 11 is 4.97. The molecule has 0 fully saturated rings. The van der Waals surface area contributed by atoms with Crippen LogP contribution in [0.2, 0.25) is 0 Å². The largest absolute Gasteiger partial charge is 0.508 e. The third kappa shape index (κ3) is 3.63. The average molecular weight is 486 g/mol. The number of aryl methyl sites for hydroxylation is 2. The van der Waals surface area contributed by atoms with Gasteiger partial charge in [-0.2, -0.15) is 0 Å². The van der Waals surface area contributed by atoms with E-state index in [1.165, 1.54) is 11.8 Å². The monoisotopic (exact) mass is 485 g/mol. The first-order valence-corrected chi connectivity index (χ1v) is 10.7. The van der Waals surface area contributed by atoms with Crippen LogP contribution in [0.15, 0.2) is 57.3 Å². The predicted octanol–water partition coefficient (Wildman–Crippen LogP) is 3.95. The van der Waals surface area contributed by atoms with Crippen molar-refractivity contribution >= 4 is 33.5 Å². The molecule has 2 aromatic carbocycles. The second-order valence-corrected chi connectivity index (χ2v) is 8.52. The molecule has 0 saturated carbocycles. The number of rotatable bonds is 5. The van der Waals surface area contributed by atoms with E-state index in [0.29, 0.717) is 40.5 Å². The van der Waals surface area contributed by atoms with Crippen LogP contribution in [0.4, 0.5) is 5.82 Å². The van der Waals surface area contributed by atoms with Crippen molar-refractivity contribution in [2.75, 3.05) is 12.5 Å². The summed E-state index contributed by atoms with van der Waals surface area (Å²) in [4.78, 5) is 14.5. The third-order valence-corrected chi connectivity index (χ3v) is 6.52. The van der Waals surface area contributed by atoms with Crippen molar-refractivity contribution in [3.63, 3.8) is 0 Å². The van der Waals surface area contributed by atoms with Gasteiger partial charge in [0.05, 0.1) is 6.33 Å². The zero-order valence-corrected chi connectivity index (χ0v) is 18.0. The number of fused-ring (bicyclic) bond motifs is 2. The van der Waals surface area contributed by atoms with Crippen molar-refractivity contribution in [3.8, 4) is 28.8 Å². The van der Waals surface area contributed by atoms with E-state index in [1.807, 2.05) is 28.8 Å². The quantitative estimate of drug-likeness (QED) is 0.437. The molecule has 0 amide bonds. The van der Waals surface area contributed by atoms with Crippen LogP contribution in [0.3, 0.4) is 0 Å². The molecule has 0 aliphatic carbocycles. The Morgan fingerprint density at radius 3 is 2.70 bits per heavy atom. The fourth-order valence-corrected chi connectivity index (χ4v) is 4.48. The van der Waals surface area contributed by atoms with Crippen LogP contribution in [0.1, 0.15) is 5.56 Å². The topological polar surface area (TPSA) is 108 Å². The molecule has 0 bridgehead atoms. The van der Waals surface area contributed by atoms with Gasteiger partial charge in [0.1, 0.15) is 5.75 Å². The first kappa shape index (κ1) is 19.0. The second kappa shape index (κ2) is 7.69. The lowest BCUT2D eigenvalue weighted by molar-refractivity contribution is 0.174. The zero-order chi connectivity index (χ0) is 20.7. The highest BCUT2D eigenvalue weighted by molar-refractivity contribution is 9.10. The molecule has 0 spiro atoms. The Bertz CT molecular complexity index is 1200. The van der Waals surface area contributed by atoms with Crippen molar-refractivity contribution in [1.82, 2.24) is 19.5 Å². The molecule has 0 atom stereocenters. The van der Waals surface area contributed by atoms with Crippen molar-refractivity contribution in [3.05, 3.63) is 52.8 Å². The Balaban J connectivity index is 1.42. The van der Waals surface area contributed by atoms with Crippen LogP contribution in [-0.2, 0) is 13.0 Å². The summed E-state index contributed by atoms with van der Waals surface area (Å²) in [5, 5.41) is 10.0. The molecule has 0 saturated heterocycles. The van der Waals surface area contributed by atoms with Crippen LogP contribution in [0.25, 0.3) is 11.5 Å². The molecule has 3 aliphatic heterocycles. The van der Waals surface area contributed by atoms with Gasteiger partial charge in [0.25, 0.3) is 0 Å². The third-order valence-electron chi connectivity index (χ3n) is 4.68. The van der Waals surface area contributed by atoms with Crippen molar-refractivity contribution in [1.29, 1.82) is 0 Å². The average Bonchev–Trinajstić information content (AvgIpc) is 3.36. The number of nitrogen functional groups attached to an aromatic ring is 1. The van der Waals surface area contributed by atoms with E-state index in [1.54, 1.807) is 18.5 Å². The Morgan fingerprint density at radius 1 is 1.13 bits per heavy atom. The number of phenolic OH excluding ortho intramolecular Hbond substituents is 1. The van der Waals surface area contributed by atoms with Crippen molar-refractivity contribution < 1.29 is 14.6 Å². The van der Waals surface area contributed by atoms with Gasteiger partial charge in [-0.25, -0.2) is 15.0 Å². The second-order valence-electron chi connectivity index (χ2n) is 6.66. The maximum absolute atomic E-state index is 9.44. The number of halogens is 1. The van der Waals surface area contributed by atoms with Gasteiger partial charge in [-0.1, -0.05) is 12.1 Å². The molecule has 5 rings (SSSR count). The highest BCUT2D eigenvalue weighted by atomic mass is 79.9. The smallest absolute Gasteiger partial charge is 0.231 e. The standard InChI is InChI=1S/C20H16BrN5O3S/c21-13-7-14-15(29-10-28-14)8-16(13)30-20-24-17-18(22)23-9-26(19(17)25-20)6-5-11-1-3-12(27)4-2-11/h1-4,7-9,27H,5-6,10,22H2. The number of hydrogen-bond acceptors (Lipinski definition) is 8. The van der Waals surface area contributed by atoms with E-state index in [-0.39, 0.29) is 12.5 Å². The van der Waals surface area contributed by atoms with Gasteiger partial charge in [0.15, 0.2) is 34.0 Å². The zero-order valence-electron chi connectivity index (χ0n) is 15.6. The number of nitrogens with zero attached hydrogens (tertiary/aromatic N) is 4. The van der Waals surface area contributed by atoms with Crippen LogP contribution >= 0.6 is 27.7 Å². The summed E-state index contributed by atoms with van der Waals surface area (Å²) in [5.74, 6) is 2.68. The molecule has 152 valence electrons. The van der Waals surface area contributed by atoms with E-state index in [4.69, 9.17) is 20.2 Å². The van der Waals surface area contributed by atoms with Gasteiger partial charge < -0.3 is 24.9 Å². The highest BCUT2D eigenvalue weighted by Crippen LogP contribution is 2.43. The van der Waals surface area contributed by atoms with Crippen LogP contribution in [-0.4, -0.2) is 31.4 Å². The van der Waals surface area contributed by atoms with E-state index in [9.17, 15) is 5.11 Å². The Morgan fingerprint density at radius 2 is 1.90 bits per heavy atom. The fourth-order valence-electron chi connectivity index (χ4n) is 3.13. The molecular formula is C20H16BrN5O3S. The fraction of sp³-hybridized carbons (Fsp3) is 0.150. The van der Waals surface area contributed by atoms with Crippen LogP contribution in [0, 0.1) is 0 Å². The predicted molar refractivity (Wildman–Crippen MR) is 115 cm³/mol. The molecule has 10 heteroatoms. The summed E-state index contributed by atoms with van der Waals surface area (Å²) < 4.78 is 13.7. The number of benzene rings is 2. The molecule has 0 aromatic heterocycles. The normalized spacial score (nSPS) is 12.6. The molecule has 0 radical (unpaired) electrons. The Kier molecular flexibility index (Phi) is 4.87. The van der Waals surface area contributed by atoms with Crippen LogP contribution in [0.5, 0.6) is 17.2 Å². The number of imidazole rings is 1. The lowest BCUT2D eigenvalue weighted by Crippen LogP contribution is -2.09. The molecule has 8 nitrogen and oxygen atoms in total. The number of anilines is 1. The lowest BCUT2D eigenvalue weighted by atomic mass is 10.1. The van der Waals surface area contributed by atoms with Crippen molar-refractivity contribution in [2.24, 2.45) is 0 Å². The minimum Gasteiger partial charge on any atom is -0.508 e. The molecule has 2 aromatic rings. The molecule has 3 heterocycles. The molecule has 3 aliphatic rings. The first-order chi connectivity index (χ1) is 14.6. The number of ether oxygens (including phenoxy) is 2. The van der Waals surface area contributed by atoms with Gasteiger partial charge in [0, 0.05) is 15.9 Å². The van der Waals surface area contributed by atoms with Gasteiger partial charge >= 0.3 is 0 Å². The maximum atomic E-state index is 9.44. The van der Waals surface area contributed by atoms with E-state index < -0.39 is 0 Å². The summed E-state index contributed by atoms with van der Waals surface area (Å²) in [5.41, 5.74) is 7.72. The van der Waals surface area contributed by atoms with E-state index in [0.717, 1.165) is 21.4 Å². The molecule has 0 unspecified atom stereocenters. The molecular weight excluding hydrogens is 470 g/mol. The minimum absolute atomic E-state index is 0.218. The van der Waals surface area contributed by atoms with Crippen LogP contribution < -0.4 is 15.2 Å². The SMILES string of the molecule is Nc1ncn(CCc2ccc(O)cc2)c2nc(Sc3cc4c(cc3Br)OCO4)nc1-2. The first-order valence-electron chi connectivity index (χ1n) is 9.10. The number of phenols is 1. The molecule has 30 heavy (non-hydrogen) atoms. The molecule has 3 N–H and O–H groups in total. The summed E-state index contributed by atoms with van der Waals surface area (Å²) in [7, 11) is 0. The summed E-state index contributed by atoms with van der Waals surface area (Å²) in [6, 6.07) is 10.9. The number of hydrogen-bond donors (Lipinski definition) is 2. The number of aromatic hydroxyl groups is 1. The Labute approximate surface area is 184 Å². The van der Waals surface area contributed by atoms with E-state index in [2.05, 4.69) is 25.9 Å². The van der Waals surface area contributed by atoms with Gasteiger partial charge in [-0.15, -0.1) is 0 Å². The van der Waals surface area contributed by atoms with Gasteiger partial charge in [-0.3, -0.25) is 0 Å². The number of nitrogens with two attached hydrogens (primary N) is 1. The van der Waals surface area contributed by atoms with Gasteiger partial charge in [-0.05, 0) is 63.9 Å². The Hall–Kier alpha value is -2.98.